The zero-order chi connectivity index (χ0) is 16.5. The Hall–Kier alpha value is -2.10. The zero-order valence-electron chi connectivity index (χ0n) is 13.9. The summed E-state index contributed by atoms with van der Waals surface area (Å²) >= 11 is 0. The molecule has 0 unspecified atom stereocenters. The molecule has 0 aliphatic heterocycles. The molecule has 0 fully saturated rings. The molecule has 0 atom stereocenters. The molecule has 0 saturated carbocycles. The Labute approximate surface area is 138 Å². The van der Waals surface area contributed by atoms with Crippen LogP contribution in [-0.4, -0.2) is 24.9 Å². The second-order valence-corrected chi connectivity index (χ2v) is 5.95. The smallest absolute Gasteiger partial charge is 0.251 e. The third kappa shape index (κ3) is 5.55. The van der Waals surface area contributed by atoms with Crippen molar-refractivity contribution in [1.29, 1.82) is 0 Å². The van der Waals surface area contributed by atoms with Gasteiger partial charge < -0.3 is 10.6 Å². The Balaban J connectivity index is 1.80. The summed E-state index contributed by atoms with van der Waals surface area (Å²) in [5.41, 5.74) is 2.64. The van der Waals surface area contributed by atoms with Gasteiger partial charge in [0.2, 0.25) is 0 Å². The van der Waals surface area contributed by atoms with Crippen molar-refractivity contribution in [1.82, 2.24) is 10.6 Å². The average Bonchev–Trinajstić information content (AvgIpc) is 2.60. The topological polar surface area (TPSA) is 58.2 Å². The van der Waals surface area contributed by atoms with E-state index in [9.17, 15) is 9.59 Å². The first-order valence-electron chi connectivity index (χ1n) is 8.55. The number of carbonyl (C=O) groups excluding carboxylic acids is 2. The third-order valence-electron chi connectivity index (χ3n) is 4.06. The van der Waals surface area contributed by atoms with E-state index in [1.54, 1.807) is 24.3 Å². The van der Waals surface area contributed by atoms with Crippen LogP contribution in [0.5, 0.6) is 0 Å². The molecule has 0 spiro atoms. The molecule has 23 heavy (non-hydrogen) atoms. The van der Waals surface area contributed by atoms with Crippen molar-refractivity contribution < 1.29 is 9.59 Å². The fourth-order valence-electron chi connectivity index (χ4n) is 2.68. The van der Waals surface area contributed by atoms with Crippen LogP contribution in [0.2, 0.25) is 0 Å². The van der Waals surface area contributed by atoms with Gasteiger partial charge in [-0.15, -0.1) is 0 Å². The van der Waals surface area contributed by atoms with Gasteiger partial charge in [-0.2, -0.15) is 0 Å². The number of carbonyl (C=O) groups is 2. The summed E-state index contributed by atoms with van der Waals surface area (Å²) in [6, 6.07) is 6.80. The van der Waals surface area contributed by atoms with Gasteiger partial charge >= 0.3 is 0 Å². The number of benzene rings is 1. The highest BCUT2D eigenvalue weighted by Gasteiger charge is 2.09. The van der Waals surface area contributed by atoms with Gasteiger partial charge in [0, 0.05) is 24.2 Å². The summed E-state index contributed by atoms with van der Waals surface area (Å²) < 4.78 is 0. The van der Waals surface area contributed by atoms with E-state index in [-0.39, 0.29) is 11.8 Å². The Bertz CT molecular complexity index is 561. The van der Waals surface area contributed by atoms with Gasteiger partial charge in [0.05, 0.1) is 0 Å². The number of nitrogens with one attached hydrogen (secondary N) is 2. The summed E-state index contributed by atoms with van der Waals surface area (Å²) in [5.74, 6) is -0.176. The summed E-state index contributed by atoms with van der Waals surface area (Å²) in [4.78, 5) is 23.9. The second kappa shape index (κ2) is 9.13. The Kier molecular flexibility index (Phi) is 6.85. The predicted octanol–water partition coefficient (Wildman–Crippen LogP) is 3.45. The maximum Gasteiger partial charge on any atom is 0.251 e. The maximum absolute atomic E-state index is 12.1. The van der Waals surface area contributed by atoms with Crippen LogP contribution in [0.4, 0.5) is 0 Å². The number of hydrogen-bond acceptors (Lipinski definition) is 2. The van der Waals surface area contributed by atoms with Gasteiger partial charge in [0.25, 0.3) is 11.8 Å². The lowest BCUT2D eigenvalue weighted by Gasteiger charge is -2.13. The third-order valence-corrected chi connectivity index (χ3v) is 4.06. The van der Waals surface area contributed by atoms with Crippen molar-refractivity contribution in [3.05, 3.63) is 47.0 Å². The molecule has 1 aromatic rings. The van der Waals surface area contributed by atoms with Crippen LogP contribution < -0.4 is 10.6 Å². The molecule has 0 radical (unpaired) electrons. The lowest BCUT2D eigenvalue weighted by atomic mass is 9.97. The van der Waals surface area contributed by atoms with Crippen molar-refractivity contribution in [3.63, 3.8) is 0 Å². The highest BCUT2D eigenvalue weighted by atomic mass is 16.2. The Morgan fingerprint density at radius 2 is 1.57 bits per heavy atom. The van der Waals surface area contributed by atoms with Crippen molar-refractivity contribution in [3.8, 4) is 0 Å². The first kappa shape index (κ1) is 17.3. The largest absolute Gasteiger partial charge is 0.352 e. The number of hydrogen-bond donors (Lipinski definition) is 2. The number of allylic oxidation sites excluding steroid dienone is 1. The van der Waals surface area contributed by atoms with Gasteiger partial charge in [0.15, 0.2) is 0 Å². The lowest BCUT2D eigenvalue weighted by molar-refractivity contribution is 0.0942. The molecular formula is C19H26N2O2. The minimum absolute atomic E-state index is 0.0816. The summed E-state index contributed by atoms with van der Waals surface area (Å²) in [5, 5.41) is 5.77. The quantitative estimate of drug-likeness (QED) is 0.757. The highest BCUT2D eigenvalue weighted by molar-refractivity contribution is 5.97. The molecule has 2 rings (SSSR count). The normalized spacial score (nSPS) is 14.0. The van der Waals surface area contributed by atoms with Crippen LogP contribution in [0.15, 0.2) is 35.9 Å². The molecule has 4 nitrogen and oxygen atoms in total. The molecular weight excluding hydrogens is 288 g/mol. The first-order chi connectivity index (χ1) is 11.2. The van der Waals surface area contributed by atoms with Gasteiger partial charge in [-0.3, -0.25) is 9.59 Å². The number of amides is 2. The minimum atomic E-state index is -0.0944. The van der Waals surface area contributed by atoms with Crippen LogP contribution in [0.25, 0.3) is 0 Å². The van der Waals surface area contributed by atoms with E-state index >= 15 is 0 Å². The van der Waals surface area contributed by atoms with E-state index in [0.717, 1.165) is 19.3 Å². The fraction of sp³-hybridized carbons (Fsp3) is 0.474. The summed E-state index contributed by atoms with van der Waals surface area (Å²) in [7, 11) is 0. The Morgan fingerprint density at radius 3 is 2.09 bits per heavy atom. The lowest BCUT2D eigenvalue weighted by Crippen LogP contribution is -2.26. The standard InChI is InChI=1S/C19H26N2O2/c1-2-13-20-18(22)16-8-10-17(11-9-16)19(23)21-14-12-15-6-4-3-5-7-15/h6,8-11H,2-5,7,12-14H2,1H3,(H,20,22)(H,21,23). The predicted molar refractivity (Wildman–Crippen MR) is 92.6 cm³/mol. The second-order valence-electron chi connectivity index (χ2n) is 5.95. The van der Waals surface area contributed by atoms with Crippen molar-refractivity contribution in [2.75, 3.05) is 13.1 Å². The van der Waals surface area contributed by atoms with Crippen molar-refractivity contribution in [2.24, 2.45) is 0 Å². The molecule has 2 N–H and O–H groups in total. The van der Waals surface area contributed by atoms with Crippen LogP contribution in [-0.2, 0) is 0 Å². The van der Waals surface area contributed by atoms with E-state index in [1.165, 1.54) is 24.8 Å². The van der Waals surface area contributed by atoms with E-state index in [0.29, 0.717) is 24.2 Å². The van der Waals surface area contributed by atoms with E-state index in [2.05, 4.69) is 16.7 Å². The number of rotatable bonds is 7. The molecule has 1 aliphatic carbocycles. The van der Waals surface area contributed by atoms with E-state index in [1.807, 2.05) is 6.92 Å². The van der Waals surface area contributed by atoms with Gasteiger partial charge in [-0.05, 0) is 62.8 Å². The van der Waals surface area contributed by atoms with Crippen LogP contribution >= 0.6 is 0 Å². The van der Waals surface area contributed by atoms with E-state index in [4.69, 9.17) is 0 Å². The van der Waals surface area contributed by atoms with E-state index < -0.39 is 0 Å². The first-order valence-corrected chi connectivity index (χ1v) is 8.55. The molecule has 0 heterocycles. The van der Waals surface area contributed by atoms with Crippen LogP contribution in [0, 0.1) is 0 Å². The molecule has 1 aromatic carbocycles. The molecule has 2 amide bonds. The molecule has 0 aromatic heterocycles. The monoisotopic (exact) mass is 314 g/mol. The molecule has 0 saturated heterocycles. The molecule has 124 valence electrons. The minimum Gasteiger partial charge on any atom is -0.352 e. The average molecular weight is 314 g/mol. The van der Waals surface area contributed by atoms with Gasteiger partial charge in [0.1, 0.15) is 0 Å². The zero-order valence-corrected chi connectivity index (χ0v) is 13.9. The highest BCUT2D eigenvalue weighted by Crippen LogP contribution is 2.19. The molecule has 1 aliphatic rings. The van der Waals surface area contributed by atoms with Gasteiger partial charge in [-0.1, -0.05) is 18.6 Å². The van der Waals surface area contributed by atoms with Crippen molar-refractivity contribution in [2.45, 2.75) is 45.4 Å². The molecule has 0 bridgehead atoms. The summed E-state index contributed by atoms with van der Waals surface area (Å²) in [6.07, 6.45) is 9.03. The summed E-state index contributed by atoms with van der Waals surface area (Å²) in [6.45, 7) is 3.34. The van der Waals surface area contributed by atoms with Crippen LogP contribution in [0.1, 0.15) is 66.2 Å². The fourth-order valence-corrected chi connectivity index (χ4v) is 2.68. The van der Waals surface area contributed by atoms with Crippen LogP contribution in [0.3, 0.4) is 0 Å². The Morgan fingerprint density at radius 1 is 0.957 bits per heavy atom. The SMILES string of the molecule is CCCNC(=O)c1ccc(C(=O)NCCC2=CCCCC2)cc1. The van der Waals surface area contributed by atoms with Gasteiger partial charge in [-0.25, -0.2) is 0 Å². The molecule has 4 heteroatoms. The maximum atomic E-state index is 12.1. The van der Waals surface area contributed by atoms with Crippen molar-refractivity contribution >= 4 is 11.8 Å².